The molecular weight excluding hydrogens is 971 g/mol. The fraction of sp³-hybridized carbons (Fsp3) is 0.458. The van der Waals surface area contributed by atoms with Crippen LogP contribution in [0.1, 0.15) is 95.3 Å². The van der Waals surface area contributed by atoms with Gasteiger partial charge in [-0.1, -0.05) is 107 Å². The number of likely N-dealkylation sites (tertiary alicyclic amines) is 1. The first-order chi connectivity index (χ1) is 35.8. The summed E-state index contributed by atoms with van der Waals surface area (Å²) in [5, 5.41) is 10.7. The van der Waals surface area contributed by atoms with Gasteiger partial charge in [-0.3, -0.25) is 38.5 Å². The Bertz CT molecular complexity index is 2730. The molecule has 1 heterocycles. The molecule has 1 aliphatic heterocycles. The van der Waals surface area contributed by atoms with Crippen molar-refractivity contribution in [3.05, 3.63) is 126 Å². The Balaban J connectivity index is 1.48. The molecule has 0 spiro atoms. The second-order valence-electron chi connectivity index (χ2n) is 21.6. The Morgan fingerprint density at radius 3 is 1.97 bits per heavy atom. The predicted octanol–water partition coefficient (Wildman–Crippen LogP) is 6.96. The van der Waals surface area contributed by atoms with Gasteiger partial charge in [-0.2, -0.15) is 0 Å². The van der Waals surface area contributed by atoms with E-state index >= 15 is 9.59 Å². The minimum atomic E-state index is -1.27. The fourth-order valence-electron chi connectivity index (χ4n) is 8.94. The van der Waals surface area contributed by atoms with Crippen LogP contribution in [0.5, 0.6) is 5.75 Å². The van der Waals surface area contributed by atoms with Crippen molar-refractivity contribution in [1.29, 1.82) is 0 Å². The molecule has 0 radical (unpaired) electrons. The van der Waals surface area contributed by atoms with Crippen LogP contribution < -0.4 is 20.7 Å². The quantitative estimate of drug-likeness (QED) is 0.0414. The maximum atomic E-state index is 15.1. The molecule has 0 aliphatic carbocycles. The van der Waals surface area contributed by atoms with Gasteiger partial charge in [-0.15, -0.1) is 0 Å². The summed E-state index contributed by atoms with van der Waals surface area (Å²) < 4.78 is 21.2. The van der Waals surface area contributed by atoms with Crippen LogP contribution in [0.3, 0.4) is 0 Å². The minimum absolute atomic E-state index is 0.0254. The number of carbonyl (C=O) groups excluding carboxylic acids is 8. The average molecular weight is 1050 g/mol. The van der Waals surface area contributed by atoms with Crippen LogP contribution in [0.2, 0.25) is 0 Å². The standard InChI is InChI=1S/C59H75N5O12/c1-13-28-75-46-26-21-39(22-27-46)30-44(56(71)74-12)33-49(65)47(32-40-20-23-41-16-14-15-17-43(41)31-40)61-53(68)48-34-45(60-52(67)42-24-18-38(19-25-42)29-36(2)55(70)73-11)35-64(48)54(69)50(58(4,5)6)62-51(66)37(3)63(10)57(72)76-59(7,8)9/h13-27,31,36-37,44-45,47-48,50H,1,28-30,32-35H2,2-12H3,(H,60,67)(H,61,68)(H,62,66)/t36-,37-,44+,45-,47-,48-,50+/m0/s1. The van der Waals surface area contributed by atoms with Gasteiger partial charge < -0.3 is 39.8 Å². The van der Waals surface area contributed by atoms with Crippen LogP contribution in [-0.4, -0.2) is 127 Å². The molecule has 0 saturated carbocycles. The number of rotatable bonds is 22. The summed E-state index contributed by atoms with van der Waals surface area (Å²) in [6.45, 7) is 17.4. The van der Waals surface area contributed by atoms with E-state index in [1.165, 1.54) is 33.1 Å². The summed E-state index contributed by atoms with van der Waals surface area (Å²) in [6, 6.07) is 21.6. The van der Waals surface area contributed by atoms with Gasteiger partial charge in [0, 0.05) is 31.6 Å². The highest BCUT2D eigenvalue weighted by atomic mass is 16.6. The number of carbonyl (C=O) groups is 8. The SMILES string of the molecule is C=CCOc1ccc(C[C@H](CC(=O)[C@H](Cc2ccc3ccccc3c2)NC(=O)[C@@H]2C[C@H](NC(=O)c3ccc(C[C@H](C)C(=O)OC)cc3)CN2C(=O)[C@@H](NC(=O)[C@H](C)N(C)C(=O)OC(C)(C)C)C(C)(C)C)C(=O)OC)cc1. The first-order valence-electron chi connectivity index (χ1n) is 25.6. The van der Waals surface area contributed by atoms with Gasteiger partial charge >= 0.3 is 18.0 Å². The normalized spacial score (nSPS) is 16.4. The zero-order chi connectivity index (χ0) is 56.1. The lowest BCUT2D eigenvalue weighted by Gasteiger charge is -2.37. The topological polar surface area (TPSA) is 216 Å². The minimum Gasteiger partial charge on any atom is -0.490 e. The fourth-order valence-corrected chi connectivity index (χ4v) is 8.94. The van der Waals surface area contributed by atoms with Crippen LogP contribution in [0.15, 0.2) is 104 Å². The number of fused-ring (bicyclic) bond motifs is 1. The number of esters is 2. The molecule has 17 nitrogen and oxygen atoms in total. The van der Waals surface area contributed by atoms with E-state index in [4.69, 9.17) is 18.9 Å². The van der Waals surface area contributed by atoms with Crippen LogP contribution in [0.25, 0.3) is 10.8 Å². The Morgan fingerprint density at radius 2 is 1.37 bits per heavy atom. The van der Waals surface area contributed by atoms with Crippen molar-refractivity contribution in [2.45, 2.75) is 123 Å². The molecule has 1 saturated heterocycles. The summed E-state index contributed by atoms with van der Waals surface area (Å²) in [4.78, 5) is 114. The maximum Gasteiger partial charge on any atom is 0.410 e. The number of Topliss-reactive ketones (excluding diaryl/α,β-unsaturated/α-hetero) is 1. The molecule has 4 aromatic rings. The van der Waals surface area contributed by atoms with Crippen molar-refractivity contribution in [2.75, 3.05) is 34.4 Å². The lowest BCUT2D eigenvalue weighted by atomic mass is 9.85. The number of ether oxygens (including phenoxy) is 4. The van der Waals surface area contributed by atoms with Crippen molar-refractivity contribution in [2.24, 2.45) is 17.3 Å². The van der Waals surface area contributed by atoms with E-state index in [9.17, 15) is 28.8 Å². The molecule has 0 unspecified atom stereocenters. The van der Waals surface area contributed by atoms with E-state index in [1.807, 2.05) is 42.5 Å². The average Bonchev–Trinajstić information content (AvgIpc) is 3.81. The van der Waals surface area contributed by atoms with Crippen molar-refractivity contribution in [1.82, 2.24) is 25.8 Å². The summed E-state index contributed by atoms with van der Waals surface area (Å²) in [5.74, 6) is -4.66. The van der Waals surface area contributed by atoms with Crippen LogP contribution >= 0.6 is 0 Å². The van der Waals surface area contributed by atoms with E-state index in [0.717, 1.165) is 32.4 Å². The smallest absolute Gasteiger partial charge is 0.410 e. The van der Waals surface area contributed by atoms with Gasteiger partial charge in [0.25, 0.3) is 5.91 Å². The van der Waals surface area contributed by atoms with E-state index in [0.29, 0.717) is 24.3 Å². The third-order valence-corrected chi connectivity index (χ3v) is 13.3. The highest BCUT2D eigenvalue weighted by molar-refractivity contribution is 5.98. The second-order valence-corrected chi connectivity index (χ2v) is 21.6. The highest BCUT2D eigenvalue weighted by Gasteiger charge is 2.46. The number of nitrogens with one attached hydrogen (secondary N) is 3. The number of likely N-dealkylation sites (N-methyl/N-ethyl adjacent to an activating group) is 1. The molecular formula is C59H75N5O12. The molecule has 3 N–H and O–H groups in total. The molecule has 0 bridgehead atoms. The summed E-state index contributed by atoms with van der Waals surface area (Å²) in [7, 11) is 3.99. The number of benzene rings is 4. The van der Waals surface area contributed by atoms with Crippen molar-refractivity contribution < 1.29 is 57.3 Å². The zero-order valence-corrected chi connectivity index (χ0v) is 45.7. The van der Waals surface area contributed by atoms with Gasteiger partial charge in [0.05, 0.1) is 32.1 Å². The molecule has 1 fully saturated rings. The Hall–Kier alpha value is -7.56. The summed E-state index contributed by atoms with van der Waals surface area (Å²) >= 11 is 0. The van der Waals surface area contributed by atoms with Crippen LogP contribution in [0.4, 0.5) is 4.79 Å². The lowest BCUT2D eigenvalue weighted by Crippen LogP contribution is -2.60. The van der Waals surface area contributed by atoms with E-state index in [1.54, 1.807) is 103 Å². The molecule has 5 rings (SSSR count). The van der Waals surface area contributed by atoms with Gasteiger partial charge in [0.2, 0.25) is 17.7 Å². The third-order valence-electron chi connectivity index (χ3n) is 13.3. The number of hydrogen-bond donors (Lipinski definition) is 3. The number of hydrogen-bond acceptors (Lipinski definition) is 12. The van der Waals surface area contributed by atoms with E-state index in [-0.39, 0.29) is 38.2 Å². The number of amides is 5. The van der Waals surface area contributed by atoms with Gasteiger partial charge in [-0.25, -0.2) is 4.79 Å². The lowest BCUT2D eigenvalue weighted by molar-refractivity contribution is -0.147. The predicted molar refractivity (Wildman–Crippen MR) is 288 cm³/mol. The molecule has 4 aromatic carbocycles. The van der Waals surface area contributed by atoms with Crippen LogP contribution in [-0.2, 0) is 62.2 Å². The largest absolute Gasteiger partial charge is 0.490 e. The summed E-state index contributed by atoms with van der Waals surface area (Å²) in [6.07, 6.45) is 1.06. The van der Waals surface area contributed by atoms with Gasteiger partial charge in [0.15, 0.2) is 5.78 Å². The molecule has 5 amide bonds. The second kappa shape index (κ2) is 26.3. The summed E-state index contributed by atoms with van der Waals surface area (Å²) in [5.41, 5.74) is 0.767. The number of nitrogens with zero attached hydrogens (tertiary/aromatic N) is 2. The monoisotopic (exact) mass is 1050 g/mol. The van der Waals surface area contributed by atoms with Gasteiger partial charge in [-0.05, 0) is 111 Å². The number of methoxy groups -OCH3 is 2. The third kappa shape index (κ3) is 16.5. The van der Waals surface area contributed by atoms with Crippen molar-refractivity contribution >= 4 is 58.2 Å². The molecule has 1 aliphatic rings. The van der Waals surface area contributed by atoms with Crippen molar-refractivity contribution in [3.8, 4) is 5.75 Å². The highest BCUT2D eigenvalue weighted by Crippen LogP contribution is 2.28. The molecule has 408 valence electrons. The maximum absolute atomic E-state index is 15.1. The Kier molecular flexibility index (Phi) is 20.5. The van der Waals surface area contributed by atoms with E-state index < -0.39 is 94.5 Å². The Morgan fingerprint density at radius 1 is 0.763 bits per heavy atom. The number of ketones is 1. The molecule has 17 heteroatoms. The zero-order valence-electron chi connectivity index (χ0n) is 45.7. The van der Waals surface area contributed by atoms with E-state index in [2.05, 4.69) is 22.5 Å². The van der Waals surface area contributed by atoms with Crippen LogP contribution in [0, 0.1) is 17.3 Å². The first-order valence-corrected chi connectivity index (χ1v) is 25.6. The van der Waals surface area contributed by atoms with Gasteiger partial charge in [0.1, 0.15) is 36.1 Å². The molecule has 76 heavy (non-hydrogen) atoms. The van der Waals surface area contributed by atoms with Crippen molar-refractivity contribution in [3.63, 3.8) is 0 Å². The molecule has 7 atom stereocenters. The molecule has 0 aromatic heterocycles. The first kappa shape index (κ1) is 59.3. The Labute approximate surface area is 446 Å².